The maximum atomic E-state index is 12.6. The van der Waals surface area contributed by atoms with Crippen LogP contribution in [0.3, 0.4) is 0 Å². The first kappa shape index (κ1) is 10.7. The first-order valence-electron chi connectivity index (χ1n) is 5.03. The molecule has 84 valence electrons. The van der Waals surface area contributed by atoms with E-state index in [9.17, 15) is 4.39 Å². The number of ether oxygens (including phenoxy) is 1. The highest BCUT2D eigenvalue weighted by Crippen LogP contribution is 2.13. The van der Waals surface area contributed by atoms with Gasteiger partial charge >= 0.3 is 0 Å². The second-order valence-corrected chi connectivity index (χ2v) is 3.64. The molecule has 1 aromatic heterocycles. The Morgan fingerprint density at radius 2 is 2.00 bits per heavy atom. The molecule has 0 aliphatic carbocycles. The van der Waals surface area contributed by atoms with Crippen molar-refractivity contribution in [3.8, 4) is 5.75 Å². The molecule has 0 fully saturated rings. The maximum absolute atomic E-state index is 12.6. The van der Waals surface area contributed by atoms with E-state index in [4.69, 9.17) is 4.74 Å². The molecular formula is C12H13FN2O. The lowest BCUT2D eigenvalue weighted by Crippen LogP contribution is -2.02. The molecular weight excluding hydrogens is 207 g/mol. The summed E-state index contributed by atoms with van der Waals surface area (Å²) in [4.78, 5) is 0. The first-order chi connectivity index (χ1) is 7.65. The number of hydrogen-bond donors (Lipinski definition) is 0. The number of aromatic nitrogens is 2. The molecule has 2 rings (SSSR count). The highest BCUT2D eigenvalue weighted by Gasteiger charge is 2.02. The second-order valence-electron chi connectivity index (χ2n) is 3.64. The Hall–Kier alpha value is -1.84. The van der Waals surface area contributed by atoms with Crippen LogP contribution in [0.2, 0.25) is 0 Å². The van der Waals surface area contributed by atoms with Gasteiger partial charge in [-0.25, -0.2) is 4.39 Å². The summed E-state index contributed by atoms with van der Waals surface area (Å²) in [7, 11) is 1.87. The lowest BCUT2D eigenvalue weighted by molar-refractivity contribution is 0.294. The Bertz CT molecular complexity index is 476. The monoisotopic (exact) mass is 220 g/mol. The van der Waals surface area contributed by atoms with Crippen molar-refractivity contribution in [3.05, 3.63) is 47.5 Å². The van der Waals surface area contributed by atoms with Gasteiger partial charge in [-0.3, -0.25) is 4.68 Å². The fraction of sp³-hybridized carbons (Fsp3) is 0.250. The van der Waals surface area contributed by atoms with Crippen molar-refractivity contribution in [2.24, 2.45) is 7.05 Å². The minimum absolute atomic E-state index is 0.260. The molecule has 0 atom stereocenters. The largest absolute Gasteiger partial charge is 0.487 e. The fourth-order valence-corrected chi connectivity index (χ4v) is 1.49. The minimum Gasteiger partial charge on any atom is -0.487 e. The summed E-state index contributed by atoms with van der Waals surface area (Å²) >= 11 is 0. The van der Waals surface area contributed by atoms with Crippen molar-refractivity contribution < 1.29 is 9.13 Å². The highest BCUT2D eigenvalue weighted by atomic mass is 19.1. The molecule has 16 heavy (non-hydrogen) atoms. The Labute approximate surface area is 93.5 Å². The smallest absolute Gasteiger partial charge is 0.130 e. The number of hydrogen-bond acceptors (Lipinski definition) is 2. The molecule has 0 bridgehead atoms. The molecule has 0 N–H and O–H groups in total. The van der Waals surface area contributed by atoms with Crippen molar-refractivity contribution in [3.63, 3.8) is 0 Å². The average Bonchev–Trinajstić information content (AvgIpc) is 2.57. The Balaban J connectivity index is 2.02. The van der Waals surface area contributed by atoms with Gasteiger partial charge in [0.25, 0.3) is 0 Å². The maximum Gasteiger partial charge on any atom is 0.130 e. The predicted octanol–water partition coefficient (Wildman–Crippen LogP) is 2.45. The van der Waals surface area contributed by atoms with E-state index in [0.717, 1.165) is 11.4 Å². The van der Waals surface area contributed by atoms with Crippen LogP contribution in [0.25, 0.3) is 0 Å². The molecule has 3 nitrogen and oxygen atoms in total. The zero-order valence-corrected chi connectivity index (χ0v) is 9.27. The summed E-state index contributed by atoms with van der Waals surface area (Å²) in [6, 6.07) is 7.94. The predicted molar refractivity (Wildman–Crippen MR) is 58.7 cm³/mol. The quantitative estimate of drug-likeness (QED) is 0.794. The van der Waals surface area contributed by atoms with E-state index in [1.54, 1.807) is 16.8 Å². The summed E-state index contributed by atoms with van der Waals surface area (Å²) in [5, 5.41) is 4.21. The summed E-state index contributed by atoms with van der Waals surface area (Å²) in [5.41, 5.74) is 1.95. The average molecular weight is 220 g/mol. The van der Waals surface area contributed by atoms with Crippen molar-refractivity contribution in [2.45, 2.75) is 13.5 Å². The summed E-state index contributed by atoms with van der Waals surface area (Å²) in [6.07, 6.45) is 0. The number of benzene rings is 1. The van der Waals surface area contributed by atoms with Crippen molar-refractivity contribution >= 4 is 0 Å². The lowest BCUT2D eigenvalue weighted by atomic mass is 10.3. The molecule has 0 aliphatic heterocycles. The van der Waals surface area contributed by atoms with Crippen LogP contribution in [0.15, 0.2) is 30.3 Å². The zero-order chi connectivity index (χ0) is 11.5. The highest BCUT2D eigenvalue weighted by molar-refractivity contribution is 5.22. The number of halogens is 1. The van der Waals surface area contributed by atoms with E-state index in [0.29, 0.717) is 12.4 Å². The third-order valence-electron chi connectivity index (χ3n) is 2.30. The summed E-state index contributed by atoms with van der Waals surface area (Å²) in [5.74, 6) is 0.393. The minimum atomic E-state index is -0.260. The third kappa shape index (κ3) is 2.39. The zero-order valence-electron chi connectivity index (χ0n) is 9.27. The molecule has 1 heterocycles. The van der Waals surface area contributed by atoms with Crippen molar-refractivity contribution in [1.82, 2.24) is 9.78 Å². The van der Waals surface area contributed by atoms with Crippen molar-refractivity contribution in [1.29, 1.82) is 0 Å². The topological polar surface area (TPSA) is 27.1 Å². The van der Waals surface area contributed by atoms with E-state index in [2.05, 4.69) is 5.10 Å². The van der Waals surface area contributed by atoms with E-state index in [-0.39, 0.29) is 5.82 Å². The van der Waals surface area contributed by atoms with Crippen LogP contribution in [0.5, 0.6) is 5.75 Å². The van der Waals surface area contributed by atoms with Crippen LogP contribution in [-0.2, 0) is 13.7 Å². The molecule has 0 amide bonds. The van der Waals surface area contributed by atoms with E-state index in [1.165, 1.54) is 12.1 Å². The van der Waals surface area contributed by atoms with Gasteiger partial charge in [0, 0.05) is 7.05 Å². The Morgan fingerprint density at radius 3 is 2.56 bits per heavy atom. The van der Waals surface area contributed by atoms with Crippen LogP contribution in [0.1, 0.15) is 11.4 Å². The van der Waals surface area contributed by atoms with Crippen LogP contribution < -0.4 is 4.74 Å². The van der Waals surface area contributed by atoms with E-state index >= 15 is 0 Å². The van der Waals surface area contributed by atoms with Gasteiger partial charge in [0.2, 0.25) is 0 Å². The molecule has 0 saturated carbocycles. The van der Waals surface area contributed by atoms with Crippen LogP contribution in [0.4, 0.5) is 4.39 Å². The Kier molecular flexibility index (Phi) is 2.90. The summed E-state index contributed by atoms with van der Waals surface area (Å²) < 4.78 is 19.9. The van der Waals surface area contributed by atoms with Gasteiger partial charge in [-0.15, -0.1) is 0 Å². The molecule has 0 unspecified atom stereocenters. The van der Waals surface area contributed by atoms with Gasteiger partial charge in [-0.1, -0.05) is 0 Å². The molecule has 4 heteroatoms. The molecule has 1 aromatic carbocycles. The number of rotatable bonds is 3. The van der Waals surface area contributed by atoms with E-state index < -0.39 is 0 Å². The summed E-state index contributed by atoms with van der Waals surface area (Å²) in [6.45, 7) is 2.37. The van der Waals surface area contributed by atoms with Gasteiger partial charge in [0.05, 0.1) is 11.4 Å². The van der Waals surface area contributed by atoms with Gasteiger partial charge in [0.15, 0.2) is 0 Å². The molecule has 0 aliphatic rings. The molecule has 0 saturated heterocycles. The lowest BCUT2D eigenvalue weighted by Gasteiger charge is -2.05. The third-order valence-corrected chi connectivity index (χ3v) is 2.30. The van der Waals surface area contributed by atoms with Crippen LogP contribution >= 0.6 is 0 Å². The van der Waals surface area contributed by atoms with Crippen LogP contribution in [0, 0.1) is 12.7 Å². The van der Waals surface area contributed by atoms with Crippen LogP contribution in [-0.4, -0.2) is 9.78 Å². The van der Waals surface area contributed by atoms with Crippen molar-refractivity contribution in [2.75, 3.05) is 0 Å². The second kappa shape index (κ2) is 4.35. The normalized spacial score (nSPS) is 10.4. The van der Waals surface area contributed by atoms with Gasteiger partial charge < -0.3 is 4.74 Å². The molecule has 0 spiro atoms. The molecule has 2 aromatic rings. The number of nitrogens with zero attached hydrogens (tertiary/aromatic N) is 2. The SMILES string of the molecule is Cc1cc(COc2ccc(F)cc2)n(C)n1. The van der Waals surface area contributed by atoms with Gasteiger partial charge in [-0.2, -0.15) is 5.10 Å². The number of aryl methyl sites for hydroxylation is 2. The first-order valence-corrected chi connectivity index (χ1v) is 5.03. The van der Waals surface area contributed by atoms with E-state index in [1.807, 2.05) is 20.0 Å². The standard InChI is InChI=1S/C12H13FN2O/c1-9-7-11(15(2)14-9)8-16-12-5-3-10(13)4-6-12/h3-7H,8H2,1-2H3. The fourth-order valence-electron chi connectivity index (χ4n) is 1.49. The van der Waals surface area contributed by atoms with Gasteiger partial charge in [0.1, 0.15) is 18.2 Å². The molecule has 0 radical (unpaired) electrons. The Morgan fingerprint density at radius 1 is 1.31 bits per heavy atom. The van der Waals surface area contributed by atoms with Gasteiger partial charge in [-0.05, 0) is 37.3 Å².